The number of rotatable bonds is 24. The second kappa shape index (κ2) is 30.0. The molecule has 0 aliphatic carbocycles. The van der Waals surface area contributed by atoms with E-state index in [2.05, 4.69) is 27.7 Å². The van der Waals surface area contributed by atoms with Crippen molar-refractivity contribution in [3.05, 3.63) is 34.7 Å². The molecule has 1 rings (SSSR count). The Hall–Kier alpha value is -2.65. The average molecular weight is 633 g/mol. The third-order valence-electron chi connectivity index (χ3n) is 9.72. The SMILES string of the molecule is CCCCCCCCCCCCCCCCCCCCCC[PH](CC)(CC)CC.N#CC(C#N)=c1ccc(=C(C#N)C#N)cc1. The minimum atomic E-state index is -0.831. The van der Waals surface area contributed by atoms with Crippen LogP contribution in [-0.2, 0) is 0 Å². The summed E-state index contributed by atoms with van der Waals surface area (Å²) < 4.78 is 0. The second-order valence-electron chi connectivity index (χ2n) is 12.8. The number of hydrogen-bond acceptors (Lipinski definition) is 4. The number of nitriles is 4. The van der Waals surface area contributed by atoms with Gasteiger partial charge in [0.1, 0.15) is 35.4 Å². The van der Waals surface area contributed by atoms with E-state index >= 15 is 0 Å². The van der Waals surface area contributed by atoms with Crippen molar-refractivity contribution in [2.75, 3.05) is 24.6 Å². The Balaban J connectivity index is 0.00000101. The van der Waals surface area contributed by atoms with Crippen LogP contribution in [0, 0.1) is 45.3 Å². The van der Waals surface area contributed by atoms with Crippen LogP contribution in [0.3, 0.4) is 0 Å². The maximum atomic E-state index is 8.63. The van der Waals surface area contributed by atoms with Gasteiger partial charge < -0.3 is 0 Å². The van der Waals surface area contributed by atoms with Crippen LogP contribution in [0.15, 0.2) is 24.3 Å². The molecule has 4 nitrogen and oxygen atoms in total. The smallest absolute Gasteiger partial charge is 0.136 e. The maximum Gasteiger partial charge on any atom is 0.136 e. The first kappa shape index (κ1) is 42.3. The fourth-order valence-corrected chi connectivity index (χ4v) is 9.71. The van der Waals surface area contributed by atoms with E-state index in [0.29, 0.717) is 10.4 Å². The summed E-state index contributed by atoms with van der Waals surface area (Å²) in [6.07, 6.45) is 35.9. The zero-order valence-corrected chi connectivity index (χ0v) is 30.6. The number of nitrogens with zero attached hydrogens (tertiary/aromatic N) is 4. The molecule has 0 aliphatic rings. The quantitative estimate of drug-likeness (QED) is 0.0836. The summed E-state index contributed by atoms with van der Waals surface area (Å²) in [4.78, 5) is 0. The van der Waals surface area contributed by atoms with Crippen molar-refractivity contribution in [1.29, 1.82) is 21.0 Å². The normalized spacial score (nSPS) is 10.8. The van der Waals surface area contributed by atoms with E-state index < -0.39 is 7.26 Å². The van der Waals surface area contributed by atoms with Crippen molar-refractivity contribution in [1.82, 2.24) is 0 Å². The van der Waals surface area contributed by atoms with Gasteiger partial charge in [-0.15, -0.1) is 0 Å². The predicted octanol–water partition coefficient (Wildman–Crippen LogP) is 10.7. The van der Waals surface area contributed by atoms with Crippen molar-refractivity contribution in [2.24, 2.45) is 0 Å². The minimum absolute atomic E-state index is 0.00187. The molecule has 1 aromatic rings. The van der Waals surface area contributed by atoms with Crippen LogP contribution in [0.2, 0.25) is 0 Å². The minimum Gasteiger partial charge on any atom is -0.192 e. The Morgan fingerprint density at radius 3 is 0.889 bits per heavy atom. The third-order valence-corrected chi connectivity index (χ3v) is 15.6. The number of unbranched alkanes of at least 4 members (excludes halogenated alkanes) is 19. The summed E-state index contributed by atoms with van der Waals surface area (Å²) in [5, 5.41) is 35.5. The molecule has 250 valence electrons. The van der Waals surface area contributed by atoms with Crippen LogP contribution >= 0.6 is 7.26 Å². The Kier molecular flexibility index (Phi) is 28.3. The summed E-state index contributed by atoms with van der Waals surface area (Å²) in [6, 6.07) is 13.2. The van der Waals surface area contributed by atoms with Gasteiger partial charge in [-0.1, -0.05) is 89.0 Å². The second-order valence-corrected chi connectivity index (χ2v) is 18.4. The molecule has 0 unspecified atom stereocenters. The van der Waals surface area contributed by atoms with Gasteiger partial charge in [-0.05, 0) is 0 Å². The van der Waals surface area contributed by atoms with E-state index in [1.807, 2.05) is 0 Å². The van der Waals surface area contributed by atoms with E-state index in [-0.39, 0.29) is 11.1 Å². The summed E-state index contributed by atoms with van der Waals surface area (Å²) in [6.45, 7) is 9.67. The van der Waals surface area contributed by atoms with E-state index in [9.17, 15) is 0 Å². The molecular weight excluding hydrogens is 567 g/mol. The van der Waals surface area contributed by atoms with Crippen LogP contribution in [0.25, 0.3) is 11.1 Å². The Morgan fingerprint density at radius 2 is 0.667 bits per heavy atom. The number of hydrogen-bond donors (Lipinski definition) is 0. The molecule has 0 amide bonds. The molecule has 45 heavy (non-hydrogen) atoms. The van der Waals surface area contributed by atoms with Crippen LogP contribution in [0.5, 0.6) is 0 Å². The van der Waals surface area contributed by atoms with Crippen LogP contribution in [0.4, 0.5) is 0 Å². The first-order valence-corrected chi connectivity index (χ1v) is 21.3. The van der Waals surface area contributed by atoms with Crippen LogP contribution < -0.4 is 10.4 Å². The maximum absolute atomic E-state index is 8.63. The first-order valence-electron chi connectivity index (χ1n) is 18.5. The zero-order chi connectivity index (χ0) is 33.4. The van der Waals surface area contributed by atoms with Crippen LogP contribution in [0.1, 0.15) is 156 Å². The zero-order valence-electron chi connectivity index (χ0n) is 29.6. The van der Waals surface area contributed by atoms with Gasteiger partial charge in [0.05, 0.1) is 0 Å². The average Bonchev–Trinajstić information content (AvgIpc) is 3.08. The Bertz CT molecular complexity index is 1040. The van der Waals surface area contributed by atoms with Crippen molar-refractivity contribution in [2.45, 2.75) is 156 Å². The monoisotopic (exact) mass is 632 g/mol. The molecule has 1 aromatic carbocycles. The molecule has 0 heterocycles. The molecule has 0 bridgehead atoms. The van der Waals surface area contributed by atoms with Crippen molar-refractivity contribution < 1.29 is 0 Å². The van der Waals surface area contributed by atoms with Gasteiger partial charge in [0.15, 0.2) is 0 Å². The topological polar surface area (TPSA) is 95.2 Å². The molecule has 0 aromatic heterocycles. The van der Waals surface area contributed by atoms with Gasteiger partial charge in [-0.25, -0.2) is 0 Å². The van der Waals surface area contributed by atoms with Crippen LogP contribution in [-0.4, -0.2) is 24.6 Å². The summed E-state index contributed by atoms with van der Waals surface area (Å²) in [7, 11) is -0.831. The van der Waals surface area contributed by atoms with E-state index in [1.165, 1.54) is 171 Å². The predicted molar refractivity (Wildman–Crippen MR) is 198 cm³/mol. The Morgan fingerprint density at radius 1 is 0.422 bits per heavy atom. The standard InChI is InChI=1S/C28H61P.C12H4N4/c1-5-9-10-11-12-13-14-15-16-17-18-19-20-21-22-23-24-25-26-27-28-29(6-2,7-3)8-4;13-5-11(6-14)9-1-2-10(4-3-9)12(7-15)8-16/h29H,5-28H2,1-4H3;1-4H. The van der Waals surface area contributed by atoms with Crippen molar-refractivity contribution in [3.8, 4) is 24.3 Å². The van der Waals surface area contributed by atoms with Gasteiger partial charge in [-0.3, -0.25) is 0 Å². The first-order chi connectivity index (χ1) is 22.0. The molecule has 5 heteroatoms. The molecule has 0 saturated carbocycles. The molecule has 0 spiro atoms. The number of benzene rings is 1. The molecule has 0 aliphatic heterocycles. The molecule has 0 radical (unpaired) electrons. The molecular formula is C40H65N4P. The molecule has 0 N–H and O–H groups in total. The molecule has 0 saturated heterocycles. The fourth-order valence-electron chi connectivity index (χ4n) is 6.15. The van der Waals surface area contributed by atoms with Crippen molar-refractivity contribution in [3.63, 3.8) is 0 Å². The van der Waals surface area contributed by atoms with E-state index in [1.54, 1.807) is 30.4 Å². The molecule has 0 atom stereocenters. The fraction of sp³-hybridized carbons (Fsp3) is 0.700. The summed E-state index contributed by atoms with van der Waals surface area (Å²) >= 11 is 0. The van der Waals surface area contributed by atoms with Gasteiger partial charge in [0.25, 0.3) is 0 Å². The van der Waals surface area contributed by atoms with E-state index in [0.717, 1.165) is 0 Å². The largest absolute Gasteiger partial charge is 0.192 e. The van der Waals surface area contributed by atoms with Gasteiger partial charge in [-0.2, -0.15) is 21.0 Å². The Labute approximate surface area is 278 Å². The summed E-state index contributed by atoms with van der Waals surface area (Å²) in [5.74, 6) is 0. The van der Waals surface area contributed by atoms with E-state index in [4.69, 9.17) is 21.0 Å². The summed E-state index contributed by atoms with van der Waals surface area (Å²) in [5.41, 5.74) is 0.00373. The van der Waals surface area contributed by atoms with Crippen molar-refractivity contribution >= 4 is 18.4 Å². The van der Waals surface area contributed by atoms with Gasteiger partial charge in [0.2, 0.25) is 0 Å². The third kappa shape index (κ3) is 20.9. The molecule has 0 fully saturated rings. The van der Waals surface area contributed by atoms with Gasteiger partial charge in [0, 0.05) is 10.4 Å². The van der Waals surface area contributed by atoms with Gasteiger partial charge >= 0.3 is 123 Å².